The zero-order valence-electron chi connectivity index (χ0n) is 12.1. The second-order valence-electron chi connectivity index (χ2n) is 5.53. The van der Waals surface area contributed by atoms with Crippen molar-refractivity contribution in [3.8, 4) is 0 Å². The lowest BCUT2D eigenvalue weighted by molar-refractivity contribution is -0.138. The second kappa shape index (κ2) is 6.72. The molecule has 2 aliphatic heterocycles. The zero-order chi connectivity index (χ0) is 14.5. The highest BCUT2D eigenvalue weighted by atomic mass is 16.2. The molecule has 2 aliphatic rings. The number of nitrogens with zero attached hydrogens (tertiary/aromatic N) is 2. The largest absolute Gasteiger partial charge is 0.336 e. The van der Waals surface area contributed by atoms with E-state index >= 15 is 0 Å². The molecule has 20 heavy (non-hydrogen) atoms. The van der Waals surface area contributed by atoms with Crippen molar-refractivity contribution in [3.05, 3.63) is 0 Å². The maximum atomic E-state index is 12.0. The highest BCUT2D eigenvalue weighted by molar-refractivity contribution is 6.01. The van der Waals surface area contributed by atoms with Crippen LogP contribution in [0.5, 0.6) is 0 Å². The summed E-state index contributed by atoms with van der Waals surface area (Å²) >= 11 is 0. The van der Waals surface area contributed by atoms with Gasteiger partial charge in [0.05, 0.1) is 0 Å². The minimum atomic E-state index is -0.131. The third kappa shape index (κ3) is 3.49. The molecule has 6 heteroatoms. The maximum absolute atomic E-state index is 12.0. The lowest BCUT2D eigenvalue weighted by atomic mass is 9.96. The normalized spacial score (nSPS) is 23.4. The first kappa shape index (κ1) is 14.8. The average molecular weight is 281 g/mol. The molecule has 0 radical (unpaired) electrons. The molecule has 0 spiro atoms. The number of amides is 4. The summed E-state index contributed by atoms with van der Waals surface area (Å²) in [6, 6.07) is -0.0813. The van der Waals surface area contributed by atoms with Crippen molar-refractivity contribution in [2.45, 2.75) is 39.0 Å². The molecule has 0 aromatic rings. The second-order valence-corrected chi connectivity index (χ2v) is 5.53. The van der Waals surface area contributed by atoms with Gasteiger partial charge in [-0.1, -0.05) is 13.3 Å². The van der Waals surface area contributed by atoms with Crippen LogP contribution in [0.15, 0.2) is 0 Å². The van der Waals surface area contributed by atoms with Gasteiger partial charge < -0.3 is 10.2 Å². The van der Waals surface area contributed by atoms with Gasteiger partial charge >= 0.3 is 6.03 Å². The molecule has 0 aromatic carbocycles. The number of imide groups is 1. The fourth-order valence-corrected chi connectivity index (χ4v) is 2.84. The van der Waals surface area contributed by atoms with Crippen LogP contribution in [-0.2, 0) is 9.59 Å². The summed E-state index contributed by atoms with van der Waals surface area (Å²) in [5.41, 5.74) is 0. The molecule has 1 atom stereocenters. The number of nitrogens with one attached hydrogen (secondary N) is 1. The van der Waals surface area contributed by atoms with E-state index in [9.17, 15) is 14.4 Å². The van der Waals surface area contributed by atoms with Crippen LogP contribution in [0.4, 0.5) is 4.79 Å². The lowest BCUT2D eigenvalue weighted by Crippen LogP contribution is -2.47. The zero-order valence-corrected chi connectivity index (χ0v) is 12.1. The Balaban J connectivity index is 1.72. The summed E-state index contributed by atoms with van der Waals surface area (Å²) in [4.78, 5) is 38.0. The average Bonchev–Trinajstić information content (AvgIpc) is 2.79. The van der Waals surface area contributed by atoms with Gasteiger partial charge in [-0.3, -0.25) is 14.5 Å². The van der Waals surface area contributed by atoms with Gasteiger partial charge in [0.1, 0.15) is 0 Å². The Bertz CT molecular complexity index is 381. The van der Waals surface area contributed by atoms with Crippen molar-refractivity contribution in [3.63, 3.8) is 0 Å². The molecular formula is C14H23N3O3. The minimum absolute atomic E-state index is 0.0813. The van der Waals surface area contributed by atoms with Crippen LogP contribution in [0.2, 0.25) is 0 Å². The van der Waals surface area contributed by atoms with Gasteiger partial charge in [-0.2, -0.15) is 0 Å². The van der Waals surface area contributed by atoms with E-state index in [-0.39, 0.29) is 24.4 Å². The van der Waals surface area contributed by atoms with Gasteiger partial charge in [0, 0.05) is 39.0 Å². The van der Waals surface area contributed by atoms with Gasteiger partial charge in [-0.25, -0.2) is 4.79 Å². The number of hydrogen-bond acceptors (Lipinski definition) is 3. The molecule has 0 bridgehead atoms. The molecule has 2 heterocycles. The summed E-state index contributed by atoms with van der Waals surface area (Å²) in [6.45, 7) is 4.38. The number of piperidine rings is 1. The van der Waals surface area contributed by atoms with Gasteiger partial charge in [0.15, 0.2) is 0 Å². The Morgan fingerprint density at radius 1 is 1.30 bits per heavy atom. The molecule has 4 amide bonds. The van der Waals surface area contributed by atoms with E-state index in [1.54, 1.807) is 0 Å². The summed E-state index contributed by atoms with van der Waals surface area (Å²) in [5, 5.41) is 2.81. The quantitative estimate of drug-likeness (QED) is 0.781. The third-order valence-electron chi connectivity index (χ3n) is 4.15. The first-order valence-electron chi connectivity index (χ1n) is 7.47. The molecule has 112 valence electrons. The fourth-order valence-electron chi connectivity index (χ4n) is 2.84. The highest BCUT2D eigenvalue weighted by Gasteiger charge is 2.28. The smallest absolute Gasteiger partial charge is 0.317 e. The van der Waals surface area contributed by atoms with Crippen molar-refractivity contribution < 1.29 is 14.4 Å². The number of urea groups is 1. The summed E-state index contributed by atoms with van der Waals surface area (Å²) in [7, 11) is 0. The number of carbonyl (C=O) groups excluding carboxylic acids is 3. The van der Waals surface area contributed by atoms with Crippen LogP contribution in [0.25, 0.3) is 0 Å². The standard InChI is InChI=1S/C14H23N3O3/c1-2-11-4-3-8-16(10-11)14(20)15-7-9-17-12(18)5-6-13(17)19/h11H,2-10H2,1H3,(H,15,20). The van der Waals surface area contributed by atoms with E-state index in [1.807, 2.05) is 4.90 Å². The lowest BCUT2D eigenvalue weighted by Gasteiger charge is -2.32. The van der Waals surface area contributed by atoms with E-state index in [0.717, 1.165) is 25.9 Å². The number of carbonyl (C=O) groups is 3. The van der Waals surface area contributed by atoms with Gasteiger partial charge in [0.25, 0.3) is 0 Å². The number of hydrogen-bond donors (Lipinski definition) is 1. The van der Waals surface area contributed by atoms with Crippen molar-refractivity contribution in [1.82, 2.24) is 15.1 Å². The van der Waals surface area contributed by atoms with Crippen molar-refractivity contribution >= 4 is 17.8 Å². The van der Waals surface area contributed by atoms with Gasteiger partial charge in [-0.05, 0) is 18.8 Å². The van der Waals surface area contributed by atoms with Crippen LogP contribution in [0.3, 0.4) is 0 Å². The van der Waals surface area contributed by atoms with Gasteiger partial charge in [0.2, 0.25) is 11.8 Å². The highest BCUT2D eigenvalue weighted by Crippen LogP contribution is 2.18. The molecule has 0 aromatic heterocycles. The van der Waals surface area contributed by atoms with Crippen molar-refractivity contribution in [2.24, 2.45) is 5.92 Å². The van der Waals surface area contributed by atoms with E-state index in [2.05, 4.69) is 12.2 Å². The van der Waals surface area contributed by atoms with Crippen LogP contribution < -0.4 is 5.32 Å². The molecule has 0 aliphatic carbocycles. The summed E-state index contributed by atoms with van der Waals surface area (Å²) < 4.78 is 0. The monoisotopic (exact) mass is 281 g/mol. The Kier molecular flexibility index (Phi) is 4.98. The minimum Gasteiger partial charge on any atom is -0.336 e. The maximum Gasteiger partial charge on any atom is 0.317 e. The first-order valence-corrected chi connectivity index (χ1v) is 7.47. The molecule has 2 rings (SSSR count). The van der Waals surface area contributed by atoms with Crippen molar-refractivity contribution in [2.75, 3.05) is 26.2 Å². The Labute approximate surface area is 119 Å². The van der Waals surface area contributed by atoms with Crippen LogP contribution >= 0.6 is 0 Å². The summed E-state index contributed by atoms with van der Waals surface area (Å²) in [6.07, 6.45) is 3.95. The third-order valence-corrected chi connectivity index (χ3v) is 4.15. The SMILES string of the molecule is CCC1CCCN(C(=O)NCCN2C(=O)CCC2=O)C1. The molecule has 0 saturated carbocycles. The van der Waals surface area contributed by atoms with Crippen molar-refractivity contribution in [1.29, 1.82) is 0 Å². The fraction of sp³-hybridized carbons (Fsp3) is 0.786. The summed E-state index contributed by atoms with van der Waals surface area (Å²) in [5.74, 6) is 0.331. The number of rotatable bonds is 4. The molecular weight excluding hydrogens is 258 g/mol. The Morgan fingerprint density at radius 3 is 2.65 bits per heavy atom. The first-order chi connectivity index (χ1) is 9.61. The number of likely N-dealkylation sites (tertiary alicyclic amines) is 2. The van der Waals surface area contributed by atoms with E-state index in [4.69, 9.17) is 0 Å². The van der Waals surface area contributed by atoms with Crippen LogP contribution in [-0.4, -0.2) is 53.8 Å². The molecule has 2 fully saturated rings. The van der Waals surface area contributed by atoms with Crippen LogP contribution in [0.1, 0.15) is 39.0 Å². The predicted molar refractivity (Wildman–Crippen MR) is 73.9 cm³/mol. The van der Waals surface area contributed by atoms with Gasteiger partial charge in [-0.15, -0.1) is 0 Å². The van der Waals surface area contributed by atoms with E-state index < -0.39 is 0 Å². The molecule has 1 unspecified atom stereocenters. The molecule has 2 saturated heterocycles. The molecule has 6 nitrogen and oxygen atoms in total. The molecule has 1 N–H and O–H groups in total. The predicted octanol–water partition coefficient (Wildman–Crippen LogP) is 0.967. The van der Waals surface area contributed by atoms with E-state index in [1.165, 1.54) is 11.3 Å². The van der Waals surface area contributed by atoms with E-state index in [0.29, 0.717) is 25.3 Å². The Morgan fingerprint density at radius 2 is 2.00 bits per heavy atom. The van der Waals surface area contributed by atoms with Crippen LogP contribution in [0, 0.1) is 5.92 Å². The topological polar surface area (TPSA) is 69.7 Å². The Hall–Kier alpha value is -1.59.